The molecule has 1 heterocycles. The van der Waals surface area contributed by atoms with Crippen molar-refractivity contribution in [1.82, 2.24) is 4.98 Å². The number of pyridine rings is 1. The number of benzene rings is 3. The highest BCUT2D eigenvalue weighted by Crippen LogP contribution is 2.20. The molecular formula is C24H20N4O5S2. The van der Waals surface area contributed by atoms with Crippen molar-refractivity contribution >= 4 is 43.1 Å². The molecule has 0 bridgehead atoms. The van der Waals surface area contributed by atoms with E-state index in [1.54, 1.807) is 36.4 Å². The molecule has 1 aromatic heterocycles. The van der Waals surface area contributed by atoms with Crippen LogP contribution >= 0.6 is 0 Å². The van der Waals surface area contributed by atoms with Crippen LogP contribution in [-0.2, 0) is 20.0 Å². The average Bonchev–Trinajstić information content (AvgIpc) is 2.85. The Morgan fingerprint density at radius 3 is 1.97 bits per heavy atom. The number of amides is 1. The van der Waals surface area contributed by atoms with Gasteiger partial charge in [-0.2, -0.15) is 0 Å². The third-order valence-electron chi connectivity index (χ3n) is 4.76. The van der Waals surface area contributed by atoms with Crippen LogP contribution in [0.3, 0.4) is 0 Å². The summed E-state index contributed by atoms with van der Waals surface area (Å²) in [6.45, 7) is 0. The molecule has 0 fully saturated rings. The summed E-state index contributed by atoms with van der Waals surface area (Å²) in [5.74, 6) is -0.305. The molecule has 0 aliphatic heterocycles. The van der Waals surface area contributed by atoms with Crippen LogP contribution in [0, 0.1) is 0 Å². The third-order valence-corrected chi connectivity index (χ3v) is 7.52. The second-order valence-electron chi connectivity index (χ2n) is 7.30. The molecule has 0 saturated heterocycles. The maximum absolute atomic E-state index is 12.7. The lowest BCUT2D eigenvalue weighted by molar-refractivity contribution is 0.102. The Balaban J connectivity index is 1.45. The predicted octanol–water partition coefficient (Wildman–Crippen LogP) is 3.94. The number of aromatic nitrogens is 1. The Hall–Kier alpha value is -4.22. The van der Waals surface area contributed by atoms with Crippen LogP contribution < -0.4 is 14.8 Å². The maximum atomic E-state index is 12.7. The van der Waals surface area contributed by atoms with Crippen LogP contribution in [0.25, 0.3) is 0 Å². The number of nitrogens with zero attached hydrogens (tertiary/aromatic N) is 1. The smallest absolute Gasteiger partial charge is 0.263 e. The fraction of sp³-hybridized carbons (Fsp3) is 0. The van der Waals surface area contributed by atoms with E-state index >= 15 is 0 Å². The lowest BCUT2D eigenvalue weighted by Crippen LogP contribution is -2.16. The summed E-state index contributed by atoms with van der Waals surface area (Å²) in [5, 5.41) is 2.66. The fourth-order valence-corrected chi connectivity index (χ4v) is 5.16. The van der Waals surface area contributed by atoms with Crippen LogP contribution in [0.1, 0.15) is 10.4 Å². The summed E-state index contributed by atoms with van der Waals surface area (Å²) in [6, 6.07) is 24.4. The van der Waals surface area contributed by atoms with Gasteiger partial charge in [0.1, 0.15) is 5.82 Å². The molecule has 0 unspecified atom stereocenters. The number of nitrogens with one attached hydrogen (secondary N) is 3. The normalized spacial score (nSPS) is 11.4. The largest absolute Gasteiger partial charge is 0.322 e. The molecule has 11 heteroatoms. The predicted molar refractivity (Wildman–Crippen MR) is 133 cm³/mol. The summed E-state index contributed by atoms with van der Waals surface area (Å²) in [6.07, 6.45) is 1.47. The van der Waals surface area contributed by atoms with Crippen LogP contribution in [0.15, 0.2) is 113 Å². The van der Waals surface area contributed by atoms with E-state index in [0.717, 1.165) is 0 Å². The van der Waals surface area contributed by atoms with E-state index in [1.807, 2.05) is 0 Å². The first kappa shape index (κ1) is 23.9. The van der Waals surface area contributed by atoms with Gasteiger partial charge in [0.2, 0.25) is 0 Å². The zero-order valence-electron chi connectivity index (χ0n) is 18.1. The van der Waals surface area contributed by atoms with Crippen LogP contribution in [0.4, 0.5) is 17.2 Å². The minimum absolute atomic E-state index is 0.00142. The first-order valence-corrected chi connectivity index (χ1v) is 13.2. The van der Waals surface area contributed by atoms with E-state index in [1.165, 1.54) is 66.9 Å². The van der Waals surface area contributed by atoms with Gasteiger partial charge in [-0.3, -0.25) is 14.2 Å². The van der Waals surface area contributed by atoms with Crippen LogP contribution in [-0.4, -0.2) is 27.7 Å². The van der Waals surface area contributed by atoms with Gasteiger partial charge >= 0.3 is 0 Å². The van der Waals surface area contributed by atoms with Crippen molar-refractivity contribution in [3.05, 3.63) is 109 Å². The Morgan fingerprint density at radius 1 is 0.629 bits per heavy atom. The number of carbonyl (C=O) groups is 1. The zero-order valence-corrected chi connectivity index (χ0v) is 19.8. The Kier molecular flexibility index (Phi) is 6.80. The molecule has 0 aliphatic rings. The van der Waals surface area contributed by atoms with Crippen molar-refractivity contribution in [3.8, 4) is 0 Å². The summed E-state index contributed by atoms with van der Waals surface area (Å²) in [4.78, 5) is 16.7. The SMILES string of the molecule is O=C(Nc1ccc(S(=O)(=O)Nc2ccccn2)cc1)c1cccc(NS(=O)(=O)c2ccccc2)c1. The number of anilines is 3. The Bertz CT molecular complexity index is 1540. The van der Waals surface area contributed by atoms with E-state index < -0.39 is 26.0 Å². The minimum atomic E-state index is -3.85. The molecule has 4 aromatic rings. The zero-order chi connectivity index (χ0) is 24.9. The van der Waals surface area contributed by atoms with Crippen molar-refractivity contribution in [3.63, 3.8) is 0 Å². The lowest BCUT2D eigenvalue weighted by Gasteiger charge is -2.11. The number of rotatable bonds is 8. The molecular weight excluding hydrogens is 488 g/mol. The van der Waals surface area contributed by atoms with Gasteiger partial charge < -0.3 is 5.32 Å². The molecule has 4 rings (SSSR count). The fourth-order valence-electron chi connectivity index (χ4n) is 3.08. The molecule has 9 nitrogen and oxygen atoms in total. The first-order chi connectivity index (χ1) is 16.7. The number of hydrogen-bond acceptors (Lipinski definition) is 6. The van der Waals surface area contributed by atoms with Crippen molar-refractivity contribution < 1.29 is 21.6 Å². The maximum Gasteiger partial charge on any atom is 0.263 e. The van der Waals surface area contributed by atoms with E-state index in [-0.39, 0.29) is 26.9 Å². The molecule has 1 amide bonds. The monoisotopic (exact) mass is 508 g/mol. The first-order valence-electron chi connectivity index (χ1n) is 10.3. The molecule has 0 radical (unpaired) electrons. The molecule has 3 N–H and O–H groups in total. The Labute approximate surface area is 203 Å². The summed E-state index contributed by atoms with van der Waals surface area (Å²) < 4.78 is 54.9. The van der Waals surface area contributed by atoms with Gasteiger partial charge in [0.05, 0.1) is 9.79 Å². The van der Waals surface area contributed by atoms with E-state index in [4.69, 9.17) is 0 Å². The van der Waals surface area contributed by atoms with Crippen LogP contribution in [0.5, 0.6) is 0 Å². The third kappa shape index (κ3) is 6.02. The molecule has 0 aliphatic carbocycles. The minimum Gasteiger partial charge on any atom is -0.322 e. The van der Waals surface area contributed by atoms with Gasteiger partial charge in [0.25, 0.3) is 26.0 Å². The Morgan fingerprint density at radius 2 is 1.29 bits per heavy atom. The van der Waals surface area contributed by atoms with Crippen molar-refractivity contribution in [2.24, 2.45) is 0 Å². The van der Waals surface area contributed by atoms with Gasteiger partial charge in [-0.15, -0.1) is 0 Å². The van der Waals surface area contributed by atoms with Gasteiger partial charge in [0, 0.05) is 23.1 Å². The van der Waals surface area contributed by atoms with Gasteiger partial charge in [-0.1, -0.05) is 30.3 Å². The van der Waals surface area contributed by atoms with Gasteiger partial charge in [-0.25, -0.2) is 21.8 Å². The topological polar surface area (TPSA) is 134 Å². The van der Waals surface area contributed by atoms with Gasteiger partial charge in [0.15, 0.2) is 0 Å². The summed E-state index contributed by atoms with van der Waals surface area (Å²) in [7, 11) is -7.65. The highest BCUT2D eigenvalue weighted by molar-refractivity contribution is 7.93. The molecule has 35 heavy (non-hydrogen) atoms. The van der Waals surface area contributed by atoms with E-state index in [9.17, 15) is 21.6 Å². The number of carbonyl (C=O) groups excluding carboxylic acids is 1. The molecule has 178 valence electrons. The molecule has 3 aromatic carbocycles. The number of sulfonamides is 2. The van der Waals surface area contributed by atoms with Crippen molar-refractivity contribution in [2.75, 3.05) is 14.8 Å². The summed E-state index contributed by atoms with van der Waals surface area (Å²) >= 11 is 0. The molecule has 0 atom stereocenters. The molecule has 0 spiro atoms. The van der Waals surface area contributed by atoms with E-state index in [0.29, 0.717) is 5.69 Å². The quantitative estimate of drug-likeness (QED) is 0.330. The van der Waals surface area contributed by atoms with Gasteiger partial charge in [-0.05, 0) is 66.7 Å². The second kappa shape index (κ2) is 9.95. The summed E-state index contributed by atoms with van der Waals surface area (Å²) in [5.41, 5.74) is 0.803. The molecule has 0 saturated carbocycles. The van der Waals surface area contributed by atoms with Crippen molar-refractivity contribution in [1.29, 1.82) is 0 Å². The number of hydrogen-bond donors (Lipinski definition) is 3. The lowest BCUT2D eigenvalue weighted by atomic mass is 10.2. The highest BCUT2D eigenvalue weighted by atomic mass is 32.2. The van der Waals surface area contributed by atoms with Crippen molar-refractivity contribution in [2.45, 2.75) is 9.79 Å². The standard InChI is InChI=1S/C24H20N4O5S2/c29-24(18-7-6-8-20(17-18)27-34(30,31)21-9-2-1-3-10-21)26-19-12-14-22(15-13-19)35(32,33)28-23-11-4-5-16-25-23/h1-17,27H,(H,25,28)(H,26,29). The average molecular weight is 509 g/mol. The van der Waals surface area contributed by atoms with E-state index in [2.05, 4.69) is 19.7 Å². The second-order valence-corrected chi connectivity index (χ2v) is 10.7. The van der Waals surface area contributed by atoms with Crippen LogP contribution in [0.2, 0.25) is 0 Å². The highest BCUT2D eigenvalue weighted by Gasteiger charge is 2.16.